The number of aliphatic hydroxyl groups is 2. The van der Waals surface area contributed by atoms with Gasteiger partial charge in [0.25, 0.3) is 0 Å². The van der Waals surface area contributed by atoms with Gasteiger partial charge in [0.15, 0.2) is 0 Å². The second-order valence-corrected chi connectivity index (χ2v) is 17.9. The molecule has 0 fully saturated rings. The molecule has 0 saturated carbocycles. The highest BCUT2D eigenvalue weighted by Gasteiger charge is 2.26. The highest BCUT2D eigenvalue weighted by Crippen LogP contribution is 2.43. The SMILES string of the molecule is CCCCC/C=C\C/C=C\C/C=C\CCCCCCCCC(=O)OC(COCCCCCCCCCCCC/C=C\CCCCCCCC)COP(=O)(O)OCC(O)CO. The van der Waals surface area contributed by atoms with Gasteiger partial charge in [-0.2, -0.15) is 0 Å². The van der Waals surface area contributed by atoms with Crippen LogP contribution in [-0.4, -0.2) is 66.3 Å². The van der Waals surface area contributed by atoms with Gasteiger partial charge >= 0.3 is 13.8 Å². The summed E-state index contributed by atoms with van der Waals surface area (Å²) in [5, 5.41) is 18.4. The Bertz CT molecular complexity index is 1080. The van der Waals surface area contributed by atoms with Gasteiger partial charge in [-0.1, -0.05) is 184 Å². The van der Waals surface area contributed by atoms with E-state index in [1.165, 1.54) is 135 Å². The maximum atomic E-state index is 12.7. The van der Waals surface area contributed by atoms with Crippen LogP contribution in [0.15, 0.2) is 48.6 Å². The van der Waals surface area contributed by atoms with Crippen molar-refractivity contribution in [1.82, 2.24) is 0 Å². The second kappa shape index (κ2) is 46.9. The van der Waals surface area contributed by atoms with E-state index in [1.807, 2.05) is 0 Å². The molecule has 0 rings (SSSR count). The van der Waals surface area contributed by atoms with Crippen molar-refractivity contribution in [3.63, 3.8) is 0 Å². The molecular formula is C50H93O9P. The number of phosphoric acid groups is 1. The lowest BCUT2D eigenvalue weighted by Crippen LogP contribution is -2.29. The Kier molecular flexibility index (Phi) is 45.7. The van der Waals surface area contributed by atoms with Crippen LogP contribution in [0.3, 0.4) is 0 Å². The van der Waals surface area contributed by atoms with Crippen molar-refractivity contribution in [2.24, 2.45) is 0 Å². The fourth-order valence-electron chi connectivity index (χ4n) is 6.71. The van der Waals surface area contributed by atoms with Crippen molar-refractivity contribution in [3.8, 4) is 0 Å². The molecule has 0 saturated heterocycles. The third kappa shape index (κ3) is 45.9. The first kappa shape index (κ1) is 58.4. The van der Waals surface area contributed by atoms with E-state index >= 15 is 0 Å². The van der Waals surface area contributed by atoms with Gasteiger partial charge in [0.1, 0.15) is 12.2 Å². The predicted molar refractivity (Wildman–Crippen MR) is 251 cm³/mol. The average Bonchev–Trinajstić information content (AvgIpc) is 3.24. The zero-order valence-corrected chi connectivity index (χ0v) is 39.6. The van der Waals surface area contributed by atoms with Gasteiger partial charge in [-0.25, -0.2) is 4.57 Å². The van der Waals surface area contributed by atoms with Crippen LogP contribution < -0.4 is 0 Å². The van der Waals surface area contributed by atoms with Crippen molar-refractivity contribution < 1.29 is 43.0 Å². The minimum absolute atomic E-state index is 0.0428. The molecular weight excluding hydrogens is 776 g/mol. The van der Waals surface area contributed by atoms with Crippen LogP contribution in [0.2, 0.25) is 0 Å². The summed E-state index contributed by atoms with van der Waals surface area (Å²) < 4.78 is 33.5. The maximum absolute atomic E-state index is 12.7. The summed E-state index contributed by atoms with van der Waals surface area (Å²) in [6, 6.07) is 0. The number of carbonyl (C=O) groups is 1. The van der Waals surface area contributed by atoms with Gasteiger partial charge in [-0.15, -0.1) is 0 Å². The van der Waals surface area contributed by atoms with E-state index in [0.717, 1.165) is 57.8 Å². The van der Waals surface area contributed by atoms with Crippen LogP contribution in [0.1, 0.15) is 219 Å². The fourth-order valence-corrected chi connectivity index (χ4v) is 7.50. The second-order valence-electron chi connectivity index (χ2n) is 16.5. The molecule has 60 heavy (non-hydrogen) atoms. The van der Waals surface area contributed by atoms with E-state index in [-0.39, 0.29) is 19.6 Å². The molecule has 0 aromatic heterocycles. The third-order valence-electron chi connectivity index (χ3n) is 10.5. The van der Waals surface area contributed by atoms with Crippen LogP contribution in [0.25, 0.3) is 0 Å². The summed E-state index contributed by atoms with van der Waals surface area (Å²) in [5.74, 6) is -0.394. The smallest absolute Gasteiger partial charge is 0.457 e. The van der Waals surface area contributed by atoms with Gasteiger partial charge in [0.05, 0.1) is 26.4 Å². The largest absolute Gasteiger partial charge is 0.472 e. The minimum Gasteiger partial charge on any atom is -0.457 e. The Balaban J connectivity index is 4.13. The normalized spacial score (nSPS) is 14.3. The van der Waals surface area contributed by atoms with E-state index in [1.54, 1.807) is 0 Å². The quantitative estimate of drug-likeness (QED) is 0.0237. The van der Waals surface area contributed by atoms with Crippen LogP contribution >= 0.6 is 7.82 Å². The van der Waals surface area contributed by atoms with Crippen LogP contribution in [0, 0.1) is 0 Å². The minimum atomic E-state index is -4.53. The zero-order chi connectivity index (χ0) is 43.9. The number of aliphatic hydroxyl groups excluding tert-OH is 2. The monoisotopic (exact) mass is 869 g/mol. The Morgan fingerprint density at radius 2 is 0.900 bits per heavy atom. The number of allylic oxidation sites excluding steroid dienone is 8. The topological polar surface area (TPSA) is 132 Å². The van der Waals surface area contributed by atoms with E-state index in [9.17, 15) is 19.4 Å². The van der Waals surface area contributed by atoms with Crippen LogP contribution in [0.4, 0.5) is 0 Å². The molecule has 10 heteroatoms. The molecule has 0 bridgehead atoms. The predicted octanol–water partition coefficient (Wildman–Crippen LogP) is 14.1. The molecule has 0 aromatic carbocycles. The van der Waals surface area contributed by atoms with E-state index in [0.29, 0.717) is 13.0 Å². The first-order chi connectivity index (χ1) is 29.3. The summed E-state index contributed by atoms with van der Waals surface area (Å²) in [7, 11) is -4.53. The lowest BCUT2D eigenvalue weighted by molar-refractivity contribution is -0.154. The summed E-state index contributed by atoms with van der Waals surface area (Å²) in [5.41, 5.74) is 0. The fraction of sp³-hybridized carbons (Fsp3) is 0.820. The van der Waals surface area contributed by atoms with Gasteiger partial charge in [0, 0.05) is 13.0 Å². The molecule has 0 aliphatic heterocycles. The van der Waals surface area contributed by atoms with E-state index in [4.69, 9.17) is 23.6 Å². The molecule has 0 aliphatic carbocycles. The van der Waals surface area contributed by atoms with Crippen molar-refractivity contribution in [3.05, 3.63) is 48.6 Å². The lowest BCUT2D eigenvalue weighted by Gasteiger charge is -2.20. The van der Waals surface area contributed by atoms with Crippen LogP contribution in [0.5, 0.6) is 0 Å². The first-order valence-electron chi connectivity index (χ1n) is 24.6. The summed E-state index contributed by atoms with van der Waals surface area (Å²) >= 11 is 0. The van der Waals surface area contributed by atoms with Crippen molar-refractivity contribution in [1.29, 1.82) is 0 Å². The number of ether oxygens (including phenoxy) is 2. The van der Waals surface area contributed by atoms with E-state index < -0.39 is 39.2 Å². The molecule has 0 heterocycles. The molecule has 9 nitrogen and oxygen atoms in total. The zero-order valence-electron chi connectivity index (χ0n) is 38.7. The number of carbonyl (C=O) groups excluding carboxylic acids is 1. The van der Waals surface area contributed by atoms with Crippen molar-refractivity contribution >= 4 is 13.8 Å². The Hall–Kier alpha value is -1.58. The highest BCUT2D eigenvalue weighted by atomic mass is 31.2. The number of unbranched alkanes of at least 4 members (excludes halogenated alkanes) is 25. The van der Waals surface area contributed by atoms with E-state index in [2.05, 4.69) is 62.5 Å². The van der Waals surface area contributed by atoms with Gasteiger partial charge in [0.2, 0.25) is 0 Å². The molecule has 3 atom stereocenters. The molecule has 0 amide bonds. The molecule has 3 unspecified atom stereocenters. The van der Waals surface area contributed by atoms with Crippen molar-refractivity contribution in [2.75, 3.05) is 33.0 Å². The summed E-state index contributed by atoms with van der Waals surface area (Å²) in [6.07, 6.45) is 53.5. The summed E-state index contributed by atoms with van der Waals surface area (Å²) in [4.78, 5) is 22.7. The average molecular weight is 869 g/mol. The number of rotatable bonds is 47. The van der Waals surface area contributed by atoms with Gasteiger partial charge in [-0.05, 0) is 77.0 Å². The van der Waals surface area contributed by atoms with Gasteiger partial charge in [-0.3, -0.25) is 13.8 Å². The molecule has 0 spiro atoms. The van der Waals surface area contributed by atoms with Crippen LogP contribution in [-0.2, 0) is 27.9 Å². The lowest BCUT2D eigenvalue weighted by atomic mass is 10.1. The molecule has 352 valence electrons. The Morgan fingerprint density at radius 1 is 0.517 bits per heavy atom. The number of phosphoric ester groups is 1. The highest BCUT2D eigenvalue weighted by molar-refractivity contribution is 7.47. The van der Waals surface area contributed by atoms with Gasteiger partial charge < -0.3 is 24.6 Å². The number of hydrogen-bond donors (Lipinski definition) is 3. The maximum Gasteiger partial charge on any atom is 0.472 e. The standard InChI is InChI=1S/C50H93O9P/c1-3-5-7-9-11-13-15-17-19-21-23-25-27-29-31-33-35-37-39-41-43-56-46-49(47-58-60(54,55)57-45-48(52)44-51)59-50(53)42-40-38-36-34-32-30-28-26-24-22-20-18-16-14-12-10-8-6-4-2/h12,14,17-20,24,26,48-49,51-52H,3-11,13,15-16,21-23,25,27-47H2,1-2H3,(H,54,55)/b14-12-,19-17-,20-18-,26-24-. The first-order valence-corrected chi connectivity index (χ1v) is 26.1. The molecule has 0 radical (unpaired) electrons. The van der Waals surface area contributed by atoms with Crippen molar-refractivity contribution in [2.45, 2.75) is 232 Å². The molecule has 3 N–H and O–H groups in total. The number of hydrogen-bond acceptors (Lipinski definition) is 8. The Morgan fingerprint density at radius 3 is 1.40 bits per heavy atom. The summed E-state index contributed by atoms with van der Waals surface area (Å²) in [6.45, 7) is 3.49. The number of esters is 1. The Labute approximate surface area is 368 Å². The molecule has 0 aliphatic rings. The molecule has 0 aromatic rings. The third-order valence-corrected chi connectivity index (χ3v) is 11.4.